The first-order valence-corrected chi connectivity index (χ1v) is 10.0. The smallest absolute Gasteiger partial charge is 0.194 e. The van der Waals surface area contributed by atoms with Crippen LogP contribution in [0.25, 0.3) is 0 Å². The topological polar surface area (TPSA) is 45.5 Å². The summed E-state index contributed by atoms with van der Waals surface area (Å²) in [6, 6.07) is 4.11. The summed E-state index contributed by atoms with van der Waals surface area (Å²) in [5.74, 6) is 0.381. The van der Waals surface area contributed by atoms with Crippen LogP contribution in [0.5, 0.6) is 0 Å². The van der Waals surface area contributed by atoms with Crippen molar-refractivity contribution in [3.8, 4) is 0 Å². The number of aliphatic imine (C=N–C) groups is 1. The predicted octanol–water partition coefficient (Wildman–Crippen LogP) is 3.70. The maximum absolute atomic E-state index is 14.0. The maximum atomic E-state index is 14.0. The molecule has 158 valence electrons. The molecule has 0 bridgehead atoms. The molecule has 1 aromatic heterocycles. The van der Waals surface area contributed by atoms with Crippen LogP contribution in [0.15, 0.2) is 35.6 Å². The zero-order valence-electron chi connectivity index (χ0n) is 16.8. The fourth-order valence-electron chi connectivity index (χ4n) is 4.19. The van der Waals surface area contributed by atoms with Gasteiger partial charge in [0, 0.05) is 50.4 Å². The first-order valence-electron chi connectivity index (χ1n) is 10.0. The minimum Gasteiger partial charge on any atom is -0.353 e. The van der Waals surface area contributed by atoms with Gasteiger partial charge in [0.1, 0.15) is 11.6 Å². The Morgan fingerprint density at radius 3 is 2.72 bits per heavy atom. The number of aromatic nitrogens is 2. The first kappa shape index (κ1) is 22.0. The minimum atomic E-state index is -0.457. The molecule has 0 radical (unpaired) electrons. The van der Waals surface area contributed by atoms with E-state index in [0.29, 0.717) is 12.5 Å². The van der Waals surface area contributed by atoms with Gasteiger partial charge in [-0.25, -0.2) is 8.78 Å². The van der Waals surface area contributed by atoms with Crippen LogP contribution in [0, 0.1) is 17.6 Å². The number of halogens is 3. The van der Waals surface area contributed by atoms with Crippen LogP contribution < -0.4 is 5.32 Å². The number of benzene rings is 1. The summed E-state index contributed by atoms with van der Waals surface area (Å²) >= 11 is 0. The number of nitrogens with one attached hydrogen (secondary N) is 1. The third kappa shape index (κ3) is 5.07. The molecule has 2 fully saturated rings. The molecule has 1 aliphatic heterocycles. The van der Waals surface area contributed by atoms with E-state index in [1.807, 2.05) is 24.9 Å². The minimum absolute atomic E-state index is 0. The van der Waals surface area contributed by atoms with Crippen molar-refractivity contribution in [3.63, 3.8) is 0 Å². The van der Waals surface area contributed by atoms with Gasteiger partial charge in [0.15, 0.2) is 5.96 Å². The molecule has 29 heavy (non-hydrogen) atoms. The van der Waals surface area contributed by atoms with Crippen molar-refractivity contribution < 1.29 is 8.78 Å². The predicted molar refractivity (Wildman–Crippen MR) is 121 cm³/mol. The molecule has 1 aromatic carbocycles. The summed E-state index contributed by atoms with van der Waals surface area (Å²) in [7, 11) is 1.94. The third-order valence-corrected chi connectivity index (χ3v) is 5.65. The summed E-state index contributed by atoms with van der Waals surface area (Å²) in [6.45, 7) is 4.57. The molecule has 1 aliphatic carbocycles. The van der Waals surface area contributed by atoms with E-state index in [1.165, 1.54) is 23.8 Å². The van der Waals surface area contributed by atoms with Gasteiger partial charge < -0.3 is 10.2 Å². The molecule has 2 heterocycles. The molecular weight excluding hydrogens is 487 g/mol. The Morgan fingerprint density at radius 1 is 1.31 bits per heavy atom. The van der Waals surface area contributed by atoms with Crippen LogP contribution in [0.4, 0.5) is 8.78 Å². The number of hydrogen-bond acceptors (Lipinski definition) is 2. The molecule has 3 atom stereocenters. The van der Waals surface area contributed by atoms with Gasteiger partial charge in [0.2, 0.25) is 0 Å². The summed E-state index contributed by atoms with van der Waals surface area (Å²) in [5, 5.41) is 7.70. The Morgan fingerprint density at radius 2 is 2.07 bits per heavy atom. The van der Waals surface area contributed by atoms with E-state index < -0.39 is 11.6 Å². The normalized spacial score (nSPS) is 23.8. The second-order valence-corrected chi connectivity index (χ2v) is 7.85. The fraction of sp³-hybridized carbons (Fsp3) is 0.524. The largest absolute Gasteiger partial charge is 0.353 e. The fourth-order valence-corrected chi connectivity index (χ4v) is 4.19. The number of guanidine groups is 1. The first-order chi connectivity index (χ1) is 13.5. The van der Waals surface area contributed by atoms with Crippen LogP contribution in [0.1, 0.15) is 36.8 Å². The highest BCUT2D eigenvalue weighted by atomic mass is 127. The van der Waals surface area contributed by atoms with E-state index in [2.05, 4.69) is 26.5 Å². The van der Waals surface area contributed by atoms with Crippen molar-refractivity contribution in [1.82, 2.24) is 20.0 Å². The second kappa shape index (κ2) is 9.40. The highest BCUT2D eigenvalue weighted by Crippen LogP contribution is 2.43. The Kier molecular flexibility index (Phi) is 7.13. The molecule has 2 aliphatic rings. The summed E-state index contributed by atoms with van der Waals surface area (Å²) < 4.78 is 29.9. The molecular formula is C21H28F2IN5. The van der Waals surface area contributed by atoms with Gasteiger partial charge in [-0.15, -0.1) is 24.0 Å². The van der Waals surface area contributed by atoms with Crippen molar-refractivity contribution in [3.05, 3.63) is 53.4 Å². The Labute approximate surface area is 187 Å². The monoisotopic (exact) mass is 515 g/mol. The number of likely N-dealkylation sites (tertiary alicyclic amines) is 1. The number of nitrogens with zero attached hydrogens (tertiary/aromatic N) is 4. The van der Waals surface area contributed by atoms with Crippen LogP contribution in [0.2, 0.25) is 0 Å². The third-order valence-electron chi connectivity index (χ3n) is 5.65. The molecule has 1 saturated carbocycles. The van der Waals surface area contributed by atoms with Gasteiger partial charge in [-0.3, -0.25) is 9.67 Å². The van der Waals surface area contributed by atoms with Crippen LogP contribution in [-0.4, -0.2) is 46.3 Å². The second-order valence-electron chi connectivity index (χ2n) is 7.85. The molecule has 2 aromatic rings. The highest BCUT2D eigenvalue weighted by Gasteiger charge is 2.43. The number of hydrogen-bond donors (Lipinski definition) is 1. The molecule has 4 rings (SSSR count). The van der Waals surface area contributed by atoms with Crippen molar-refractivity contribution in [2.45, 2.75) is 38.1 Å². The lowest BCUT2D eigenvalue weighted by molar-refractivity contribution is 0.457. The van der Waals surface area contributed by atoms with E-state index in [9.17, 15) is 8.78 Å². The quantitative estimate of drug-likeness (QED) is 0.376. The average Bonchev–Trinajstić information content (AvgIpc) is 3.04. The van der Waals surface area contributed by atoms with E-state index in [-0.39, 0.29) is 41.5 Å². The summed E-state index contributed by atoms with van der Waals surface area (Å²) in [4.78, 5) is 6.91. The lowest BCUT2D eigenvalue weighted by Crippen LogP contribution is -2.41. The van der Waals surface area contributed by atoms with Gasteiger partial charge >= 0.3 is 0 Å². The van der Waals surface area contributed by atoms with Crippen molar-refractivity contribution in [2.24, 2.45) is 18.0 Å². The summed E-state index contributed by atoms with van der Waals surface area (Å²) in [5.41, 5.74) is 1.46. The molecule has 1 N–H and O–H groups in total. The zero-order chi connectivity index (χ0) is 19.7. The Balaban J connectivity index is 0.00000240. The standard InChI is InChI=1S/C21H27F2N5.HI/c1-3-24-21(26-19-10-16(19)20-17(22)5-4-6-18(20)23)28-8-7-14(13-28)9-15-11-25-27(2)12-15;/h4-6,11-12,14,16,19H,3,7-10,13H2,1-2H3,(H,24,26);1H. The van der Waals surface area contributed by atoms with Gasteiger partial charge in [-0.1, -0.05) is 6.07 Å². The van der Waals surface area contributed by atoms with E-state index in [0.717, 1.165) is 38.3 Å². The average molecular weight is 515 g/mol. The van der Waals surface area contributed by atoms with E-state index >= 15 is 0 Å². The molecule has 0 amide bonds. The molecule has 0 spiro atoms. The molecule has 8 heteroatoms. The maximum Gasteiger partial charge on any atom is 0.194 e. The van der Waals surface area contributed by atoms with E-state index in [4.69, 9.17) is 0 Å². The van der Waals surface area contributed by atoms with Gasteiger partial charge in [-0.05, 0) is 49.8 Å². The van der Waals surface area contributed by atoms with Crippen LogP contribution in [-0.2, 0) is 13.5 Å². The van der Waals surface area contributed by atoms with E-state index in [1.54, 1.807) is 0 Å². The number of aryl methyl sites for hydroxylation is 1. The van der Waals surface area contributed by atoms with Gasteiger partial charge in [0.05, 0.1) is 6.20 Å². The lowest BCUT2D eigenvalue weighted by Gasteiger charge is -2.22. The molecule has 1 saturated heterocycles. The van der Waals surface area contributed by atoms with Crippen LogP contribution >= 0.6 is 24.0 Å². The summed E-state index contributed by atoms with van der Waals surface area (Å²) in [6.07, 6.45) is 6.85. The highest BCUT2D eigenvalue weighted by molar-refractivity contribution is 14.0. The molecule has 3 unspecified atom stereocenters. The van der Waals surface area contributed by atoms with Gasteiger partial charge in [-0.2, -0.15) is 5.10 Å². The zero-order valence-corrected chi connectivity index (χ0v) is 19.1. The number of rotatable bonds is 5. The van der Waals surface area contributed by atoms with Crippen molar-refractivity contribution in [2.75, 3.05) is 19.6 Å². The van der Waals surface area contributed by atoms with Crippen molar-refractivity contribution >= 4 is 29.9 Å². The molecule has 5 nitrogen and oxygen atoms in total. The Hall–Kier alpha value is -1.71. The SMILES string of the molecule is CCN=C(NC1CC1c1c(F)cccc1F)N1CCC(Cc2cnn(C)c2)C1.I. The van der Waals surface area contributed by atoms with Crippen molar-refractivity contribution in [1.29, 1.82) is 0 Å². The van der Waals surface area contributed by atoms with Crippen LogP contribution in [0.3, 0.4) is 0 Å². The van der Waals surface area contributed by atoms with Gasteiger partial charge in [0.25, 0.3) is 0 Å². The Bertz CT molecular complexity index is 848. The lowest BCUT2D eigenvalue weighted by atomic mass is 10.0.